The van der Waals surface area contributed by atoms with Gasteiger partial charge in [0.05, 0.1) is 18.2 Å². The number of amides is 2. The van der Waals surface area contributed by atoms with E-state index in [9.17, 15) is 9.59 Å². The van der Waals surface area contributed by atoms with E-state index in [-0.39, 0.29) is 11.8 Å². The van der Waals surface area contributed by atoms with Crippen LogP contribution in [0.1, 0.15) is 27.1 Å². The van der Waals surface area contributed by atoms with Crippen molar-refractivity contribution in [3.8, 4) is 5.75 Å². The molecule has 3 aromatic rings. The fourth-order valence-electron chi connectivity index (χ4n) is 4.00. The fourth-order valence-corrected chi connectivity index (χ4v) is 4.00. The highest BCUT2D eigenvalue weighted by atomic mass is 16.5. The molecule has 0 aliphatic carbocycles. The molecule has 2 aromatic carbocycles. The molecule has 1 aliphatic heterocycles. The monoisotopic (exact) mass is 391 g/mol. The van der Waals surface area contributed by atoms with E-state index in [0.717, 1.165) is 17.3 Å². The van der Waals surface area contributed by atoms with Crippen LogP contribution >= 0.6 is 0 Å². The average molecular weight is 391 g/mol. The van der Waals surface area contributed by atoms with Gasteiger partial charge in [-0.2, -0.15) is 0 Å². The Kier molecular flexibility index (Phi) is 5.25. The number of rotatable bonds is 3. The maximum absolute atomic E-state index is 13.2. The molecule has 0 radical (unpaired) electrons. The number of carbonyl (C=O) groups is 2. The van der Waals surface area contributed by atoms with Crippen LogP contribution < -0.4 is 4.74 Å². The van der Waals surface area contributed by atoms with Gasteiger partial charge in [-0.05, 0) is 24.6 Å². The van der Waals surface area contributed by atoms with E-state index in [0.29, 0.717) is 43.1 Å². The van der Waals surface area contributed by atoms with E-state index in [1.54, 1.807) is 19.2 Å². The molecule has 0 saturated carbocycles. The molecule has 2 heterocycles. The minimum atomic E-state index is -0.0538. The first-order valence-corrected chi connectivity index (χ1v) is 9.86. The van der Waals surface area contributed by atoms with Crippen molar-refractivity contribution in [2.75, 3.05) is 33.3 Å². The third-order valence-corrected chi connectivity index (χ3v) is 5.54. The Morgan fingerprint density at radius 1 is 0.828 bits per heavy atom. The Morgan fingerprint density at radius 2 is 1.45 bits per heavy atom. The van der Waals surface area contributed by atoms with Crippen molar-refractivity contribution in [1.82, 2.24) is 14.4 Å². The Balaban J connectivity index is 1.51. The van der Waals surface area contributed by atoms with Crippen molar-refractivity contribution < 1.29 is 14.3 Å². The summed E-state index contributed by atoms with van der Waals surface area (Å²) in [5.74, 6) is 0.542. The normalized spacial score (nSPS) is 14.7. The molecular weight excluding hydrogens is 366 g/mol. The lowest BCUT2D eigenvalue weighted by Crippen LogP contribution is -2.37. The van der Waals surface area contributed by atoms with Crippen LogP contribution in [0.5, 0.6) is 5.75 Å². The molecule has 0 atom stereocenters. The summed E-state index contributed by atoms with van der Waals surface area (Å²) in [4.78, 5) is 29.9. The summed E-state index contributed by atoms with van der Waals surface area (Å²) in [6.45, 7) is 2.28. The van der Waals surface area contributed by atoms with Crippen LogP contribution in [0.25, 0.3) is 10.9 Å². The highest BCUT2D eigenvalue weighted by molar-refractivity contribution is 6.07. The minimum Gasteiger partial charge on any atom is -0.496 e. The molecule has 1 aromatic heterocycles. The first kappa shape index (κ1) is 19.1. The molecule has 4 rings (SSSR count). The third kappa shape index (κ3) is 3.58. The Labute approximate surface area is 170 Å². The van der Waals surface area contributed by atoms with E-state index >= 15 is 0 Å². The smallest absolute Gasteiger partial charge is 0.257 e. The average Bonchev–Trinajstić information content (AvgIpc) is 2.93. The first-order chi connectivity index (χ1) is 14.1. The summed E-state index contributed by atoms with van der Waals surface area (Å²) >= 11 is 0. The molecule has 0 unspecified atom stereocenters. The molecule has 1 saturated heterocycles. The van der Waals surface area contributed by atoms with Crippen LogP contribution in [0.3, 0.4) is 0 Å². The van der Waals surface area contributed by atoms with Gasteiger partial charge in [-0.1, -0.05) is 30.3 Å². The Hall–Kier alpha value is -3.28. The summed E-state index contributed by atoms with van der Waals surface area (Å²) in [7, 11) is 3.52. The van der Waals surface area contributed by atoms with Crippen LogP contribution in [0.2, 0.25) is 0 Å². The van der Waals surface area contributed by atoms with Crippen molar-refractivity contribution >= 4 is 22.7 Å². The summed E-state index contributed by atoms with van der Waals surface area (Å²) in [6, 6.07) is 15.2. The van der Waals surface area contributed by atoms with Gasteiger partial charge in [0.1, 0.15) is 5.75 Å². The second-order valence-corrected chi connectivity index (χ2v) is 7.31. The summed E-state index contributed by atoms with van der Waals surface area (Å²) in [6.07, 6.45) is 2.65. The summed E-state index contributed by atoms with van der Waals surface area (Å²) in [5.41, 5.74) is 2.31. The van der Waals surface area contributed by atoms with Crippen molar-refractivity contribution in [1.29, 1.82) is 0 Å². The predicted octanol–water partition coefficient (Wildman–Crippen LogP) is 3.18. The highest BCUT2D eigenvalue weighted by Gasteiger charge is 2.26. The number of aryl methyl sites for hydroxylation is 1. The number of methoxy groups -OCH3 is 1. The zero-order valence-corrected chi connectivity index (χ0v) is 16.8. The number of ether oxygens (including phenoxy) is 1. The van der Waals surface area contributed by atoms with E-state index in [1.165, 1.54) is 0 Å². The number of para-hydroxylation sites is 2. The van der Waals surface area contributed by atoms with Gasteiger partial charge in [0, 0.05) is 50.3 Å². The van der Waals surface area contributed by atoms with E-state index in [4.69, 9.17) is 4.74 Å². The first-order valence-electron chi connectivity index (χ1n) is 9.86. The molecule has 0 bridgehead atoms. The molecule has 6 nitrogen and oxygen atoms in total. The van der Waals surface area contributed by atoms with Gasteiger partial charge in [0.25, 0.3) is 11.8 Å². The van der Waals surface area contributed by atoms with Gasteiger partial charge >= 0.3 is 0 Å². The Bertz CT molecular complexity index is 1060. The lowest BCUT2D eigenvalue weighted by Gasteiger charge is -2.23. The summed E-state index contributed by atoms with van der Waals surface area (Å²) < 4.78 is 7.32. The highest BCUT2D eigenvalue weighted by Crippen LogP contribution is 2.23. The zero-order valence-electron chi connectivity index (χ0n) is 16.8. The second kappa shape index (κ2) is 7.99. The predicted molar refractivity (Wildman–Crippen MR) is 112 cm³/mol. The summed E-state index contributed by atoms with van der Waals surface area (Å²) in [5, 5.41) is 0.964. The maximum Gasteiger partial charge on any atom is 0.257 e. The molecule has 0 N–H and O–H groups in total. The van der Waals surface area contributed by atoms with Gasteiger partial charge in [-0.15, -0.1) is 0 Å². The fraction of sp³-hybridized carbons (Fsp3) is 0.304. The van der Waals surface area contributed by atoms with Gasteiger partial charge < -0.3 is 19.1 Å². The number of benzene rings is 2. The lowest BCUT2D eigenvalue weighted by atomic mass is 10.1. The van der Waals surface area contributed by atoms with Crippen LogP contribution in [0, 0.1) is 0 Å². The van der Waals surface area contributed by atoms with Crippen molar-refractivity contribution in [3.05, 3.63) is 65.9 Å². The topological polar surface area (TPSA) is 54.8 Å². The molecule has 29 heavy (non-hydrogen) atoms. The maximum atomic E-state index is 13.2. The molecule has 1 aliphatic rings. The van der Waals surface area contributed by atoms with Crippen molar-refractivity contribution in [2.45, 2.75) is 6.42 Å². The SMILES string of the molecule is COc1ccccc1C(=O)N1CCCN(C(=O)c2cn(C)c3ccccc23)CC1. The molecule has 6 heteroatoms. The quantitative estimate of drug-likeness (QED) is 0.689. The molecular formula is C23H25N3O3. The molecule has 150 valence electrons. The number of hydrogen-bond donors (Lipinski definition) is 0. The van der Waals surface area contributed by atoms with Crippen molar-refractivity contribution in [3.63, 3.8) is 0 Å². The van der Waals surface area contributed by atoms with Crippen LogP contribution in [-0.4, -0.2) is 59.5 Å². The van der Waals surface area contributed by atoms with Crippen LogP contribution in [-0.2, 0) is 7.05 Å². The Morgan fingerprint density at radius 3 is 2.17 bits per heavy atom. The van der Waals surface area contributed by atoms with E-state index in [1.807, 2.05) is 64.0 Å². The second-order valence-electron chi connectivity index (χ2n) is 7.31. The largest absolute Gasteiger partial charge is 0.496 e. The zero-order chi connectivity index (χ0) is 20.4. The third-order valence-electron chi connectivity index (χ3n) is 5.54. The van der Waals surface area contributed by atoms with Crippen LogP contribution in [0.15, 0.2) is 54.7 Å². The van der Waals surface area contributed by atoms with Gasteiger partial charge in [0.2, 0.25) is 0 Å². The standard InChI is InChI=1S/C23H25N3O3/c1-24-16-19(17-8-3-5-10-20(17)24)23(28)26-13-7-12-25(14-15-26)22(27)18-9-4-6-11-21(18)29-2/h3-6,8-11,16H,7,12-15H2,1-2H3. The molecule has 2 amide bonds. The van der Waals surface area contributed by atoms with Crippen molar-refractivity contribution in [2.24, 2.45) is 7.05 Å². The number of hydrogen-bond acceptors (Lipinski definition) is 3. The van der Waals surface area contributed by atoms with Crippen LogP contribution in [0.4, 0.5) is 0 Å². The van der Waals surface area contributed by atoms with E-state index < -0.39 is 0 Å². The number of fused-ring (bicyclic) bond motifs is 1. The minimum absolute atomic E-state index is 0.0217. The number of carbonyl (C=O) groups excluding carboxylic acids is 2. The van der Waals surface area contributed by atoms with Gasteiger partial charge in [-0.3, -0.25) is 9.59 Å². The molecule has 0 spiro atoms. The van der Waals surface area contributed by atoms with Gasteiger partial charge in [-0.25, -0.2) is 0 Å². The van der Waals surface area contributed by atoms with Gasteiger partial charge in [0.15, 0.2) is 0 Å². The number of nitrogens with zero attached hydrogens (tertiary/aromatic N) is 3. The van der Waals surface area contributed by atoms with E-state index in [2.05, 4.69) is 0 Å². The molecule has 1 fully saturated rings. The number of aromatic nitrogens is 1. The lowest BCUT2D eigenvalue weighted by molar-refractivity contribution is 0.0717.